The zero-order chi connectivity index (χ0) is 43.8. The molecule has 2 heterocycles. The molecule has 0 radical (unpaired) electrons. The molecule has 0 aromatic heterocycles. The first-order chi connectivity index (χ1) is 27.7. The van der Waals surface area contributed by atoms with Crippen molar-refractivity contribution in [3.05, 3.63) is 71.8 Å². The lowest BCUT2D eigenvalue weighted by Gasteiger charge is -2.48. The molecule has 0 saturated carbocycles. The normalized spacial score (nSPS) is 37.5. The summed E-state index contributed by atoms with van der Waals surface area (Å²) in [6.45, 7) is 16.0. The zero-order valence-electron chi connectivity index (χ0n) is 37.1. The van der Waals surface area contributed by atoms with Gasteiger partial charge in [-0.2, -0.15) is 10.2 Å². The van der Waals surface area contributed by atoms with Gasteiger partial charge in [-0.15, -0.1) is 0 Å². The van der Waals surface area contributed by atoms with Crippen LogP contribution in [0.1, 0.15) is 92.7 Å². The third kappa shape index (κ3) is 11.6. The fourth-order valence-corrected chi connectivity index (χ4v) is 8.81. The quantitative estimate of drug-likeness (QED) is 0.155. The lowest BCUT2D eigenvalue weighted by molar-refractivity contribution is -0.301. The van der Waals surface area contributed by atoms with Crippen molar-refractivity contribution in [2.45, 2.75) is 148 Å². The Morgan fingerprint density at radius 1 is 0.966 bits per heavy atom. The van der Waals surface area contributed by atoms with Crippen LogP contribution in [0.15, 0.2) is 70.9 Å². The SMILES string of the molecule is CCC1OC(=O)C(C)C(OC(=O)Cc2ccccc2)C(C)C(OC2OC(C)CC(N(C)C)C2O)C(C)(OC)CC(C)C(=NN=C(C)c2ccccc2)C(C)C(O)C1(C)O. The number of hydrogen-bond acceptors (Lipinski definition) is 13. The first-order valence-corrected chi connectivity index (χ1v) is 21.0. The van der Waals surface area contributed by atoms with Crippen molar-refractivity contribution in [2.75, 3.05) is 21.2 Å². The number of benzene rings is 2. The summed E-state index contributed by atoms with van der Waals surface area (Å²) in [4.78, 5) is 30.0. The molecule has 4 rings (SSSR count). The Hall–Kier alpha value is -3.56. The molecule has 328 valence electrons. The number of ether oxygens (including phenoxy) is 5. The first-order valence-electron chi connectivity index (χ1n) is 21.0. The monoisotopic (exact) mass is 823 g/mol. The summed E-state index contributed by atoms with van der Waals surface area (Å²) in [5.41, 5.74) is -0.450. The highest BCUT2D eigenvalue weighted by Crippen LogP contribution is 2.40. The Balaban J connectivity index is 1.92. The van der Waals surface area contributed by atoms with E-state index in [9.17, 15) is 24.9 Å². The molecule has 2 aromatic rings. The van der Waals surface area contributed by atoms with Crippen LogP contribution in [0.5, 0.6) is 0 Å². The molecular formula is C46H69N3O10. The van der Waals surface area contributed by atoms with Crippen LogP contribution in [0, 0.1) is 23.7 Å². The van der Waals surface area contributed by atoms with E-state index >= 15 is 0 Å². The van der Waals surface area contributed by atoms with Gasteiger partial charge in [0.15, 0.2) is 6.29 Å². The van der Waals surface area contributed by atoms with Gasteiger partial charge < -0.3 is 43.9 Å². The molecule has 0 spiro atoms. The summed E-state index contributed by atoms with van der Waals surface area (Å²) >= 11 is 0. The number of nitrogens with zero attached hydrogens (tertiary/aromatic N) is 3. The van der Waals surface area contributed by atoms with Crippen LogP contribution < -0.4 is 0 Å². The summed E-state index contributed by atoms with van der Waals surface area (Å²) < 4.78 is 32.0. The highest BCUT2D eigenvalue weighted by Gasteiger charge is 2.52. The Bertz CT molecular complexity index is 1720. The Kier molecular flexibility index (Phi) is 17.0. The van der Waals surface area contributed by atoms with E-state index in [4.69, 9.17) is 28.8 Å². The van der Waals surface area contributed by atoms with E-state index in [-0.39, 0.29) is 31.4 Å². The number of cyclic esters (lactones) is 1. The molecule has 13 heteroatoms. The topological polar surface area (TPSA) is 169 Å². The van der Waals surface area contributed by atoms with Gasteiger partial charge in [0, 0.05) is 30.7 Å². The van der Waals surface area contributed by atoms with Gasteiger partial charge in [-0.05, 0) is 85.0 Å². The van der Waals surface area contributed by atoms with E-state index in [1.807, 2.05) is 114 Å². The smallest absolute Gasteiger partial charge is 0.312 e. The van der Waals surface area contributed by atoms with Gasteiger partial charge in [0.1, 0.15) is 23.9 Å². The van der Waals surface area contributed by atoms with Crippen LogP contribution in [0.4, 0.5) is 0 Å². The molecule has 2 saturated heterocycles. The van der Waals surface area contributed by atoms with Crippen molar-refractivity contribution in [3.8, 4) is 0 Å². The average Bonchev–Trinajstić information content (AvgIpc) is 3.20. The van der Waals surface area contributed by atoms with Crippen molar-refractivity contribution in [2.24, 2.45) is 33.9 Å². The summed E-state index contributed by atoms with van der Waals surface area (Å²) in [7, 11) is 5.34. The first kappa shape index (κ1) is 48.1. The van der Waals surface area contributed by atoms with Crippen LogP contribution in [-0.2, 0) is 39.7 Å². The maximum absolute atomic E-state index is 14.3. The predicted molar refractivity (Wildman–Crippen MR) is 227 cm³/mol. The third-order valence-electron chi connectivity index (χ3n) is 12.5. The van der Waals surface area contributed by atoms with E-state index in [0.29, 0.717) is 17.8 Å². The lowest BCUT2D eigenvalue weighted by Crippen LogP contribution is -2.60. The molecule has 2 aliphatic rings. The maximum atomic E-state index is 14.3. The van der Waals surface area contributed by atoms with Crippen LogP contribution in [0.3, 0.4) is 0 Å². The van der Waals surface area contributed by atoms with E-state index in [2.05, 4.69) is 5.10 Å². The minimum absolute atomic E-state index is 0.0540. The van der Waals surface area contributed by atoms with Gasteiger partial charge in [-0.1, -0.05) is 88.4 Å². The fraction of sp³-hybridized carbons (Fsp3) is 0.652. The highest BCUT2D eigenvalue weighted by molar-refractivity contribution is 5.99. The molecule has 59 heavy (non-hydrogen) atoms. The summed E-state index contributed by atoms with van der Waals surface area (Å²) in [5.74, 6) is -4.40. The molecule has 13 nitrogen and oxygen atoms in total. The molecule has 2 aromatic carbocycles. The predicted octanol–water partition coefficient (Wildman–Crippen LogP) is 5.60. The second-order valence-corrected chi connectivity index (χ2v) is 17.4. The summed E-state index contributed by atoms with van der Waals surface area (Å²) in [5, 5.41) is 45.2. The number of esters is 2. The van der Waals surface area contributed by atoms with Gasteiger partial charge in [-0.25, -0.2) is 0 Å². The van der Waals surface area contributed by atoms with Crippen LogP contribution in [0.25, 0.3) is 0 Å². The molecule has 0 bridgehead atoms. The van der Waals surface area contributed by atoms with Crippen molar-refractivity contribution in [3.63, 3.8) is 0 Å². The van der Waals surface area contributed by atoms with E-state index in [1.165, 1.54) is 6.92 Å². The Morgan fingerprint density at radius 2 is 1.58 bits per heavy atom. The van der Waals surface area contributed by atoms with Gasteiger partial charge in [0.2, 0.25) is 0 Å². The number of hydrogen-bond donors (Lipinski definition) is 3. The van der Waals surface area contributed by atoms with Crippen molar-refractivity contribution >= 4 is 23.4 Å². The third-order valence-corrected chi connectivity index (χ3v) is 12.5. The molecule has 0 aliphatic carbocycles. The maximum Gasteiger partial charge on any atom is 0.312 e. The van der Waals surface area contributed by atoms with Gasteiger partial charge in [0.05, 0.1) is 42.0 Å². The second kappa shape index (κ2) is 20.8. The molecule has 2 aliphatic heterocycles. The van der Waals surface area contributed by atoms with Gasteiger partial charge in [0.25, 0.3) is 0 Å². The van der Waals surface area contributed by atoms with E-state index in [1.54, 1.807) is 27.9 Å². The largest absolute Gasteiger partial charge is 0.461 e. The Labute approximate surface area is 351 Å². The summed E-state index contributed by atoms with van der Waals surface area (Å²) in [6, 6.07) is 18.5. The summed E-state index contributed by atoms with van der Waals surface area (Å²) in [6.07, 6.45) is -6.24. The van der Waals surface area contributed by atoms with E-state index < -0.39 is 83.6 Å². The number of aliphatic hydroxyl groups excluding tert-OH is 2. The van der Waals surface area contributed by atoms with Crippen molar-refractivity contribution < 1.29 is 48.6 Å². The number of aliphatic hydroxyl groups is 3. The molecular weight excluding hydrogens is 755 g/mol. The number of carbonyl (C=O) groups is 2. The average molecular weight is 824 g/mol. The molecule has 14 unspecified atom stereocenters. The molecule has 2 fully saturated rings. The minimum Gasteiger partial charge on any atom is -0.461 e. The fourth-order valence-electron chi connectivity index (χ4n) is 8.81. The molecule has 14 atom stereocenters. The molecule has 3 N–H and O–H groups in total. The lowest BCUT2D eigenvalue weighted by atomic mass is 9.73. The van der Waals surface area contributed by atoms with E-state index in [0.717, 1.165) is 11.1 Å². The van der Waals surface area contributed by atoms with Crippen LogP contribution in [0.2, 0.25) is 0 Å². The van der Waals surface area contributed by atoms with Gasteiger partial charge in [-0.3, -0.25) is 9.59 Å². The van der Waals surface area contributed by atoms with Crippen molar-refractivity contribution in [1.82, 2.24) is 4.90 Å². The van der Waals surface area contributed by atoms with Crippen LogP contribution in [-0.4, -0.2) is 125 Å². The highest BCUT2D eigenvalue weighted by atomic mass is 16.7. The Morgan fingerprint density at radius 3 is 2.15 bits per heavy atom. The number of methoxy groups -OCH3 is 1. The standard InChI is InChI=1S/C46H69N3O10/c1-13-36-46(9,54)41(52)29(4)38(48-47-32(7)34-22-18-15-19-23-34)27(2)26-45(8,55-12)42(59-44-39(51)35(49(10)11)24-28(3)56-44)30(5)40(31(6)43(53)57-36)58-37(50)25-33-20-16-14-17-21-33/h14-23,27-31,35-36,39-42,44,51-52,54H,13,24-26H2,1-12H3. The number of rotatable bonds is 10. The zero-order valence-corrected chi connectivity index (χ0v) is 37.1. The molecule has 0 amide bonds. The second-order valence-electron chi connectivity index (χ2n) is 17.4. The minimum atomic E-state index is -1.93. The van der Waals surface area contributed by atoms with Crippen LogP contribution >= 0.6 is 0 Å². The number of likely N-dealkylation sites (N-methyl/N-ethyl adjacent to an activating group) is 1. The van der Waals surface area contributed by atoms with Gasteiger partial charge >= 0.3 is 11.9 Å². The number of carbonyl (C=O) groups excluding carboxylic acids is 2. The van der Waals surface area contributed by atoms with Crippen molar-refractivity contribution in [1.29, 1.82) is 0 Å².